The molecule has 1 amide bonds. The highest BCUT2D eigenvalue weighted by molar-refractivity contribution is 5.97. The SMILES string of the molecule is O=C(NCC1CCC(C(=O)O)O1)c1ccc2n[nH]nc2c1. The summed E-state index contributed by atoms with van der Waals surface area (Å²) in [5.41, 5.74) is 1.78. The zero-order chi connectivity index (χ0) is 14.8. The average Bonchev–Trinajstić information content (AvgIpc) is 3.12. The Bertz CT molecular complexity index is 684. The maximum atomic E-state index is 12.0. The predicted octanol–water partition coefficient (Wildman–Crippen LogP) is 0.320. The number of aliphatic carboxylic acids is 1. The van der Waals surface area contributed by atoms with Crippen LogP contribution in [-0.2, 0) is 9.53 Å². The zero-order valence-corrected chi connectivity index (χ0v) is 11.1. The van der Waals surface area contributed by atoms with E-state index in [2.05, 4.69) is 20.7 Å². The summed E-state index contributed by atoms with van der Waals surface area (Å²) in [5.74, 6) is -1.21. The third-order valence-electron chi connectivity index (χ3n) is 3.45. The van der Waals surface area contributed by atoms with Crippen molar-refractivity contribution in [1.29, 1.82) is 0 Å². The minimum Gasteiger partial charge on any atom is -0.479 e. The van der Waals surface area contributed by atoms with Crippen LogP contribution in [0.25, 0.3) is 11.0 Å². The Morgan fingerprint density at radius 2 is 2.14 bits per heavy atom. The second-order valence-corrected chi connectivity index (χ2v) is 4.90. The van der Waals surface area contributed by atoms with Crippen molar-refractivity contribution in [2.75, 3.05) is 6.54 Å². The third kappa shape index (κ3) is 2.84. The number of carboxylic acids is 1. The van der Waals surface area contributed by atoms with Crippen molar-refractivity contribution in [3.8, 4) is 0 Å². The fraction of sp³-hybridized carbons (Fsp3) is 0.385. The molecule has 2 aromatic rings. The minimum atomic E-state index is -0.958. The van der Waals surface area contributed by atoms with E-state index in [1.165, 1.54) is 0 Å². The number of hydrogen-bond donors (Lipinski definition) is 3. The van der Waals surface area contributed by atoms with Crippen LogP contribution in [0.3, 0.4) is 0 Å². The molecule has 2 atom stereocenters. The van der Waals surface area contributed by atoms with Gasteiger partial charge in [0.15, 0.2) is 6.10 Å². The van der Waals surface area contributed by atoms with Crippen molar-refractivity contribution in [1.82, 2.24) is 20.7 Å². The first-order valence-electron chi connectivity index (χ1n) is 6.60. The smallest absolute Gasteiger partial charge is 0.332 e. The molecule has 3 N–H and O–H groups in total. The number of hydrogen-bond acceptors (Lipinski definition) is 5. The van der Waals surface area contributed by atoms with Gasteiger partial charge >= 0.3 is 5.97 Å². The van der Waals surface area contributed by atoms with Gasteiger partial charge in [0.1, 0.15) is 11.0 Å². The first-order chi connectivity index (χ1) is 10.1. The van der Waals surface area contributed by atoms with Crippen LogP contribution in [0.15, 0.2) is 18.2 Å². The molecule has 0 aliphatic carbocycles. The highest BCUT2D eigenvalue weighted by Gasteiger charge is 2.30. The van der Waals surface area contributed by atoms with E-state index in [4.69, 9.17) is 9.84 Å². The van der Waals surface area contributed by atoms with Crippen LogP contribution in [0, 0.1) is 0 Å². The molecule has 1 aliphatic rings. The minimum absolute atomic E-state index is 0.248. The van der Waals surface area contributed by atoms with E-state index in [9.17, 15) is 9.59 Å². The maximum absolute atomic E-state index is 12.0. The van der Waals surface area contributed by atoms with Crippen molar-refractivity contribution in [2.45, 2.75) is 25.0 Å². The van der Waals surface area contributed by atoms with E-state index in [1.54, 1.807) is 18.2 Å². The first kappa shape index (κ1) is 13.5. The van der Waals surface area contributed by atoms with Crippen molar-refractivity contribution in [3.63, 3.8) is 0 Å². The molecule has 0 saturated carbocycles. The Morgan fingerprint density at radius 3 is 2.90 bits per heavy atom. The fourth-order valence-corrected chi connectivity index (χ4v) is 2.33. The number of aromatic nitrogens is 3. The monoisotopic (exact) mass is 290 g/mol. The number of carbonyl (C=O) groups is 2. The van der Waals surface area contributed by atoms with Gasteiger partial charge in [-0.25, -0.2) is 4.79 Å². The first-order valence-corrected chi connectivity index (χ1v) is 6.60. The zero-order valence-electron chi connectivity index (χ0n) is 11.1. The molecule has 0 spiro atoms. The predicted molar refractivity (Wildman–Crippen MR) is 71.8 cm³/mol. The molecular weight excluding hydrogens is 276 g/mol. The van der Waals surface area contributed by atoms with Crippen molar-refractivity contribution < 1.29 is 19.4 Å². The highest BCUT2D eigenvalue weighted by atomic mass is 16.5. The van der Waals surface area contributed by atoms with E-state index in [0.29, 0.717) is 36.0 Å². The number of fused-ring (bicyclic) bond motifs is 1. The molecule has 1 fully saturated rings. The lowest BCUT2D eigenvalue weighted by molar-refractivity contribution is -0.149. The van der Waals surface area contributed by atoms with Crippen LogP contribution >= 0.6 is 0 Å². The highest BCUT2D eigenvalue weighted by Crippen LogP contribution is 2.19. The van der Waals surface area contributed by atoms with Crippen molar-refractivity contribution in [2.24, 2.45) is 0 Å². The largest absolute Gasteiger partial charge is 0.479 e. The summed E-state index contributed by atoms with van der Waals surface area (Å²) in [6.45, 7) is 0.291. The molecule has 0 bridgehead atoms. The molecule has 2 heterocycles. The van der Waals surface area contributed by atoms with E-state index in [-0.39, 0.29) is 12.0 Å². The Balaban J connectivity index is 1.58. The van der Waals surface area contributed by atoms with E-state index in [0.717, 1.165) is 0 Å². The normalized spacial score (nSPS) is 21.5. The molecule has 110 valence electrons. The molecular formula is C13H14N4O4. The fourth-order valence-electron chi connectivity index (χ4n) is 2.33. The molecule has 1 saturated heterocycles. The van der Waals surface area contributed by atoms with Gasteiger partial charge < -0.3 is 15.2 Å². The number of ether oxygens (including phenoxy) is 1. The molecule has 1 aliphatic heterocycles. The van der Waals surface area contributed by atoms with Crippen LogP contribution in [0.5, 0.6) is 0 Å². The summed E-state index contributed by atoms with van der Waals surface area (Å²) in [4.78, 5) is 22.8. The van der Waals surface area contributed by atoms with Gasteiger partial charge in [-0.15, -0.1) is 0 Å². The number of carboxylic acid groups (broad SMARTS) is 1. The Morgan fingerprint density at radius 1 is 1.33 bits per heavy atom. The lowest BCUT2D eigenvalue weighted by Crippen LogP contribution is -2.33. The van der Waals surface area contributed by atoms with Crippen molar-refractivity contribution in [3.05, 3.63) is 23.8 Å². The van der Waals surface area contributed by atoms with Crippen LogP contribution in [0.2, 0.25) is 0 Å². The van der Waals surface area contributed by atoms with Gasteiger partial charge in [-0.05, 0) is 31.0 Å². The topological polar surface area (TPSA) is 117 Å². The van der Waals surface area contributed by atoms with Crippen molar-refractivity contribution >= 4 is 22.9 Å². The number of aromatic amines is 1. The van der Waals surface area contributed by atoms with Gasteiger partial charge in [0, 0.05) is 12.1 Å². The lowest BCUT2D eigenvalue weighted by atomic mass is 10.1. The van der Waals surface area contributed by atoms with Crippen LogP contribution in [-0.4, -0.2) is 51.1 Å². The summed E-state index contributed by atoms with van der Waals surface area (Å²) in [7, 11) is 0. The average molecular weight is 290 g/mol. The molecule has 0 radical (unpaired) electrons. The summed E-state index contributed by atoms with van der Waals surface area (Å²) >= 11 is 0. The summed E-state index contributed by atoms with van der Waals surface area (Å²) < 4.78 is 5.33. The maximum Gasteiger partial charge on any atom is 0.332 e. The van der Waals surface area contributed by atoms with Crippen LogP contribution in [0.4, 0.5) is 0 Å². The molecule has 8 heteroatoms. The van der Waals surface area contributed by atoms with Gasteiger partial charge in [-0.1, -0.05) is 0 Å². The summed E-state index contributed by atoms with van der Waals surface area (Å²) in [6.07, 6.45) is 0.0737. The van der Waals surface area contributed by atoms with Gasteiger partial charge in [-0.2, -0.15) is 15.4 Å². The Hall–Kier alpha value is -2.48. The van der Waals surface area contributed by atoms with E-state index in [1.807, 2.05) is 0 Å². The molecule has 3 rings (SSSR count). The number of amides is 1. The molecule has 8 nitrogen and oxygen atoms in total. The van der Waals surface area contributed by atoms with Gasteiger partial charge in [-0.3, -0.25) is 4.79 Å². The Labute approximate surface area is 119 Å². The molecule has 2 unspecified atom stereocenters. The lowest BCUT2D eigenvalue weighted by Gasteiger charge is -2.12. The Kier molecular flexibility index (Phi) is 3.53. The molecule has 21 heavy (non-hydrogen) atoms. The summed E-state index contributed by atoms with van der Waals surface area (Å²) in [5, 5.41) is 21.9. The van der Waals surface area contributed by atoms with E-state index < -0.39 is 12.1 Å². The van der Waals surface area contributed by atoms with Crippen LogP contribution in [0.1, 0.15) is 23.2 Å². The number of benzene rings is 1. The molecule has 1 aromatic carbocycles. The number of nitrogens with one attached hydrogen (secondary N) is 2. The second kappa shape index (κ2) is 5.49. The molecule has 1 aromatic heterocycles. The number of H-pyrrole nitrogens is 1. The van der Waals surface area contributed by atoms with Gasteiger partial charge in [0.25, 0.3) is 5.91 Å². The standard InChI is InChI=1S/C13H14N4O4/c18-12(7-1-3-9-10(5-7)16-17-15-9)14-6-8-2-4-11(21-8)13(19)20/h1,3,5,8,11H,2,4,6H2,(H,14,18)(H,19,20)(H,15,16,17). The summed E-state index contributed by atoms with van der Waals surface area (Å²) in [6, 6.07) is 5.01. The van der Waals surface area contributed by atoms with Gasteiger partial charge in [0.05, 0.1) is 6.10 Å². The number of rotatable bonds is 4. The number of nitrogens with zero attached hydrogens (tertiary/aromatic N) is 2. The van der Waals surface area contributed by atoms with Crippen LogP contribution < -0.4 is 5.32 Å². The quantitative estimate of drug-likeness (QED) is 0.746. The van der Waals surface area contributed by atoms with E-state index >= 15 is 0 Å². The second-order valence-electron chi connectivity index (χ2n) is 4.90. The number of carbonyl (C=O) groups excluding carboxylic acids is 1. The van der Waals surface area contributed by atoms with Gasteiger partial charge in [0.2, 0.25) is 0 Å². The third-order valence-corrected chi connectivity index (χ3v) is 3.45.